The Morgan fingerprint density at radius 3 is 2.33 bits per heavy atom. The molecule has 1 aromatic carbocycles. The lowest BCUT2D eigenvalue weighted by Gasteiger charge is -2.21. The summed E-state index contributed by atoms with van der Waals surface area (Å²) in [5, 5.41) is 11.6. The summed E-state index contributed by atoms with van der Waals surface area (Å²) in [6, 6.07) is 6.82. The van der Waals surface area contributed by atoms with E-state index in [2.05, 4.69) is 5.32 Å². The minimum atomic E-state index is -0.840. The summed E-state index contributed by atoms with van der Waals surface area (Å²) in [6.07, 6.45) is 0. The number of aliphatic carboxylic acids is 1. The van der Waals surface area contributed by atoms with Gasteiger partial charge < -0.3 is 10.4 Å². The summed E-state index contributed by atoms with van der Waals surface area (Å²) in [5.74, 6) is -0.952. The van der Waals surface area contributed by atoms with E-state index < -0.39 is 12.0 Å². The van der Waals surface area contributed by atoms with Crippen LogP contribution in [0.3, 0.4) is 0 Å². The Morgan fingerprint density at radius 1 is 1.33 bits per heavy atom. The van der Waals surface area contributed by atoms with Gasteiger partial charge in [0.1, 0.15) is 6.04 Å². The van der Waals surface area contributed by atoms with Gasteiger partial charge in [-0.05, 0) is 31.7 Å². The molecule has 0 heterocycles. The van der Waals surface area contributed by atoms with Gasteiger partial charge in [0.2, 0.25) is 5.91 Å². The fraction of sp³-hybridized carbons (Fsp3) is 0.385. The average Bonchev–Trinajstić information content (AvgIpc) is 2.29. The molecule has 0 spiro atoms. The van der Waals surface area contributed by atoms with Crippen LogP contribution in [0.5, 0.6) is 0 Å². The number of carboxylic acid groups (broad SMARTS) is 1. The monoisotopic (exact) mass is 250 g/mol. The predicted octanol–water partition coefficient (Wildman–Crippen LogP) is 1.55. The minimum absolute atomic E-state index is 0.112. The maximum absolute atomic E-state index is 10.9. The van der Waals surface area contributed by atoms with Crippen LogP contribution in [0.25, 0.3) is 0 Å². The smallest absolute Gasteiger partial charge is 0.320 e. The van der Waals surface area contributed by atoms with Gasteiger partial charge in [-0.1, -0.05) is 12.1 Å². The first-order valence-corrected chi connectivity index (χ1v) is 5.69. The molecule has 0 aliphatic rings. The molecule has 5 heteroatoms. The third-order valence-corrected chi connectivity index (χ3v) is 2.72. The van der Waals surface area contributed by atoms with Crippen molar-refractivity contribution >= 4 is 17.6 Å². The van der Waals surface area contributed by atoms with Crippen LogP contribution in [0.2, 0.25) is 0 Å². The van der Waals surface area contributed by atoms with E-state index in [0.29, 0.717) is 6.54 Å². The second-order valence-electron chi connectivity index (χ2n) is 4.31. The van der Waals surface area contributed by atoms with E-state index >= 15 is 0 Å². The maximum atomic E-state index is 10.9. The molecule has 1 rings (SSSR count). The van der Waals surface area contributed by atoms with Crippen molar-refractivity contribution in [3.8, 4) is 0 Å². The zero-order chi connectivity index (χ0) is 13.7. The molecule has 2 N–H and O–H groups in total. The summed E-state index contributed by atoms with van der Waals surface area (Å²) in [7, 11) is 1.76. The molecule has 0 aromatic heterocycles. The molecular weight excluding hydrogens is 232 g/mol. The van der Waals surface area contributed by atoms with Crippen LogP contribution in [0, 0.1) is 0 Å². The first kappa shape index (κ1) is 14.2. The van der Waals surface area contributed by atoms with Gasteiger partial charge in [-0.15, -0.1) is 0 Å². The number of carbonyl (C=O) groups is 2. The van der Waals surface area contributed by atoms with Crippen LogP contribution in [0.15, 0.2) is 24.3 Å². The Hall–Kier alpha value is -1.88. The Bertz CT molecular complexity index is 428. The van der Waals surface area contributed by atoms with Crippen LogP contribution in [-0.2, 0) is 16.1 Å². The lowest BCUT2D eigenvalue weighted by atomic mass is 10.1. The van der Waals surface area contributed by atoms with E-state index in [0.717, 1.165) is 11.3 Å². The summed E-state index contributed by atoms with van der Waals surface area (Å²) in [4.78, 5) is 23.4. The molecule has 1 aromatic rings. The quantitative estimate of drug-likeness (QED) is 0.832. The number of likely N-dealkylation sites (N-methyl/N-ethyl adjacent to an activating group) is 1. The highest BCUT2D eigenvalue weighted by Gasteiger charge is 2.16. The normalized spacial score (nSPS) is 12.2. The van der Waals surface area contributed by atoms with Gasteiger partial charge >= 0.3 is 5.97 Å². The Labute approximate surface area is 106 Å². The third kappa shape index (κ3) is 4.18. The van der Waals surface area contributed by atoms with E-state index in [1.807, 2.05) is 12.1 Å². The molecule has 1 amide bonds. The topological polar surface area (TPSA) is 69.6 Å². The lowest BCUT2D eigenvalue weighted by molar-refractivity contribution is -0.142. The summed E-state index contributed by atoms with van der Waals surface area (Å²) < 4.78 is 0. The highest BCUT2D eigenvalue weighted by Crippen LogP contribution is 2.12. The second-order valence-corrected chi connectivity index (χ2v) is 4.31. The van der Waals surface area contributed by atoms with Crippen molar-refractivity contribution in [3.05, 3.63) is 29.8 Å². The predicted molar refractivity (Wildman–Crippen MR) is 69.3 cm³/mol. The van der Waals surface area contributed by atoms with Gasteiger partial charge in [0.25, 0.3) is 0 Å². The maximum Gasteiger partial charge on any atom is 0.320 e. The van der Waals surface area contributed by atoms with E-state index in [4.69, 9.17) is 5.11 Å². The molecule has 0 radical (unpaired) electrons. The van der Waals surface area contributed by atoms with Crippen LogP contribution in [-0.4, -0.2) is 35.0 Å². The summed E-state index contributed by atoms with van der Waals surface area (Å²) >= 11 is 0. The molecule has 0 aliphatic heterocycles. The standard InChI is InChI=1S/C13H18N2O3/c1-9(13(17)18)15(3)8-11-4-6-12(7-5-11)14-10(2)16/h4-7,9H,8H2,1-3H3,(H,14,16)(H,17,18). The first-order chi connectivity index (χ1) is 8.40. The Balaban J connectivity index is 2.63. The number of nitrogens with zero attached hydrogens (tertiary/aromatic N) is 1. The van der Waals surface area contributed by atoms with Crippen molar-refractivity contribution in [3.63, 3.8) is 0 Å². The number of nitrogens with one attached hydrogen (secondary N) is 1. The molecule has 0 fully saturated rings. The van der Waals surface area contributed by atoms with Crippen molar-refractivity contribution in [2.75, 3.05) is 12.4 Å². The van der Waals surface area contributed by atoms with Gasteiger partial charge in [0, 0.05) is 19.2 Å². The summed E-state index contributed by atoms with van der Waals surface area (Å²) in [5.41, 5.74) is 1.74. The number of carbonyl (C=O) groups excluding carboxylic acids is 1. The van der Waals surface area contributed by atoms with Gasteiger partial charge in [0.05, 0.1) is 0 Å². The highest BCUT2D eigenvalue weighted by molar-refractivity contribution is 5.88. The van der Waals surface area contributed by atoms with E-state index in [-0.39, 0.29) is 5.91 Å². The zero-order valence-corrected chi connectivity index (χ0v) is 10.8. The van der Waals surface area contributed by atoms with E-state index in [1.54, 1.807) is 31.0 Å². The van der Waals surface area contributed by atoms with Gasteiger partial charge in [-0.3, -0.25) is 14.5 Å². The molecule has 5 nitrogen and oxygen atoms in total. The largest absolute Gasteiger partial charge is 0.480 e. The Kier molecular flexibility index (Phi) is 4.85. The zero-order valence-electron chi connectivity index (χ0n) is 10.8. The highest BCUT2D eigenvalue weighted by atomic mass is 16.4. The number of anilines is 1. The number of amides is 1. The van der Waals surface area contributed by atoms with Crippen molar-refractivity contribution in [1.29, 1.82) is 0 Å². The number of hydrogen-bond donors (Lipinski definition) is 2. The average molecular weight is 250 g/mol. The fourth-order valence-corrected chi connectivity index (χ4v) is 1.51. The molecule has 1 unspecified atom stereocenters. The Morgan fingerprint density at radius 2 is 1.89 bits per heavy atom. The molecule has 18 heavy (non-hydrogen) atoms. The van der Waals surface area contributed by atoms with E-state index in [9.17, 15) is 9.59 Å². The number of hydrogen-bond acceptors (Lipinski definition) is 3. The number of benzene rings is 1. The van der Waals surface area contributed by atoms with Gasteiger partial charge in [-0.25, -0.2) is 0 Å². The number of rotatable bonds is 5. The SMILES string of the molecule is CC(=O)Nc1ccc(CN(C)C(C)C(=O)O)cc1. The van der Waals surface area contributed by atoms with Crippen molar-refractivity contribution < 1.29 is 14.7 Å². The minimum Gasteiger partial charge on any atom is -0.480 e. The third-order valence-electron chi connectivity index (χ3n) is 2.72. The second kappa shape index (κ2) is 6.16. The molecule has 98 valence electrons. The summed E-state index contributed by atoms with van der Waals surface area (Å²) in [6.45, 7) is 3.65. The van der Waals surface area contributed by atoms with Gasteiger partial charge in [-0.2, -0.15) is 0 Å². The van der Waals surface area contributed by atoms with Crippen LogP contribution in [0.4, 0.5) is 5.69 Å². The lowest BCUT2D eigenvalue weighted by Crippen LogP contribution is -2.35. The molecule has 0 saturated heterocycles. The van der Waals surface area contributed by atoms with Crippen molar-refractivity contribution in [2.45, 2.75) is 26.4 Å². The van der Waals surface area contributed by atoms with Crippen molar-refractivity contribution in [1.82, 2.24) is 4.90 Å². The molecular formula is C13H18N2O3. The first-order valence-electron chi connectivity index (χ1n) is 5.69. The molecule has 0 bridgehead atoms. The molecule has 1 atom stereocenters. The van der Waals surface area contributed by atoms with Crippen LogP contribution < -0.4 is 5.32 Å². The molecule has 0 aliphatic carbocycles. The number of carboxylic acids is 1. The molecule has 0 saturated carbocycles. The van der Waals surface area contributed by atoms with Crippen LogP contribution >= 0.6 is 0 Å². The fourth-order valence-electron chi connectivity index (χ4n) is 1.51. The van der Waals surface area contributed by atoms with Crippen molar-refractivity contribution in [2.24, 2.45) is 0 Å². The van der Waals surface area contributed by atoms with Crippen LogP contribution in [0.1, 0.15) is 19.4 Å². The van der Waals surface area contributed by atoms with E-state index in [1.165, 1.54) is 6.92 Å². The van der Waals surface area contributed by atoms with Gasteiger partial charge in [0.15, 0.2) is 0 Å².